The van der Waals surface area contributed by atoms with Crippen molar-refractivity contribution in [1.82, 2.24) is 4.98 Å². The fourth-order valence-electron chi connectivity index (χ4n) is 2.55. The number of carbonyl (C=O) groups is 4. The average molecular weight is 450 g/mol. The third kappa shape index (κ3) is 5.73. The zero-order valence-corrected chi connectivity index (χ0v) is 16.6. The molecule has 12 nitrogen and oxygen atoms in total. The lowest BCUT2D eigenvalue weighted by Gasteiger charge is -2.11. The van der Waals surface area contributed by atoms with Crippen LogP contribution in [0.1, 0.15) is 20.7 Å². The summed E-state index contributed by atoms with van der Waals surface area (Å²) in [7, 11) is 0. The van der Waals surface area contributed by atoms with Gasteiger partial charge in [-0.25, -0.2) is 9.59 Å². The largest absolute Gasteiger partial charge is 0.478 e. The quantitative estimate of drug-likeness (QED) is 0.167. The monoisotopic (exact) mass is 450 g/mol. The van der Waals surface area contributed by atoms with Gasteiger partial charge in [0.25, 0.3) is 5.69 Å². The number of amides is 2. The van der Waals surface area contributed by atoms with E-state index in [1.807, 2.05) is 0 Å². The summed E-state index contributed by atoms with van der Waals surface area (Å²) in [6.07, 6.45) is 2.67. The molecule has 1 aromatic heterocycles. The minimum Gasteiger partial charge on any atom is -0.478 e. The summed E-state index contributed by atoms with van der Waals surface area (Å²) in [5.41, 5.74) is -0.332. The van der Waals surface area contributed by atoms with Gasteiger partial charge < -0.3 is 20.5 Å². The molecular formula is C21H14N4O8. The number of carbonyl (C=O) groups excluding carboxylic acids is 3. The summed E-state index contributed by atoms with van der Waals surface area (Å²) in [6, 6.07) is 11.1. The second kappa shape index (κ2) is 9.78. The van der Waals surface area contributed by atoms with E-state index >= 15 is 0 Å². The van der Waals surface area contributed by atoms with Crippen LogP contribution in [0.25, 0.3) is 0 Å². The topological polar surface area (TPSA) is 178 Å². The maximum atomic E-state index is 12.3. The van der Waals surface area contributed by atoms with Crippen molar-refractivity contribution < 1.29 is 33.9 Å². The van der Waals surface area contributed by atoms with Crippen molar-refractivity contribution in [2.45, 2.75) is 0 Å². The van der Waals surface area contributed by atoms with Crippen LogP contribution in [0.3, 0.4) is 0 Å². The highest BCUT2D eigenvalue weighted by molar-refractivity contribution is 6.43. The second-order valence-corrected chi connectivity index (χ2v) is 6.36. The molecule has 0 atom stereocenters. The second-order valence-electron chi connectivity index (χ2n) is 6.36. The number of non-ortho nitro benzene ring substituents is 1. The van der Waals surface area contributed by atoms with E-state index in [4.69, 9.17) is 4.74 Å². The number of nitro groups is 1. The number of ether oxygens (including phenoxy) is 1. The van der Waals surface area contributed by atoms with Gasteiger partial charge in [0.15, 0.2) is 0 Å². The highest BCUT2D eigenvalue weighted by atomic mass is 16.6. The fourth-order valence-corrected chi connectivity index (χ4v) is 2.55. The number of hydrogen-bond acceptors (Lipinski definition) is 8. The molecular weight excluding hydrogens is 436 g/mol. The molecule has 2 aromatic carbocycles. The Morgan fingerprint density at radius 1 is 0.939 bits per heavy atom. The number of nitrogens with zero attached hydrogens (tertiary/aromatic N) is 2. The number of carboxylic acids is 1. The number of anilines is 2. The van der Waals surface area contributed by atoms with E-state index in [-0.39, 0.29) is 33.9 Å². The van der Waals surface area contributed by atoms with Gasteiger partial charge in [-0.1, -0.05) is 0 Å². The number of nitro benzene ring substituents is 1. The Morgan fingerprint density at radius 2 is 1.58 bits per heavy atom. The van der Waals surface area contributed by atoms with E-state index in [1.165, 1.54) is 42.7 Å². The standard InChI is InChI=1S/C21H14N4O8/c26-18(23-13-3-6-15(7-4-13)25(31)32)19(27)24-14-5-8-16(20(28)29)17(10-14)33-21(30)12-2-1-9-22-11-12/h1-11H,(H,23,26)(H,24,27)(H,28,29). The lowest BCUT2D eigenvalue weighted by atomic mass is 10.1. The van der Waals surface area contributed by atoms with Crippen LogP contribution in [0.2, 0.25) is 0 Å². The van der Waals surface area contributed by atoms with Gasteiger partial charge in [-0.3, -0.25) is 24.7 Å². The highest BCUT2D eigenvalue weighted by Gasteiger charge is 2.19. The molecule has 166 valence electrons. The van der Waals surface area contributed by atoms with Gasteiger partial charge in [0.1, 0.15) is 11.3 Å². The Labute approximate surface area is 185 Å². The molecule has 0 saturated heterocycles. The van der Waals surface area contributed by atoms with Crippen LogP contribution in [0.4, 0.5) is 17.1 Å². The van der Waals surface area contributed by atoms with Crippen LogP contribution < -0.4 is 15.4 Å². The van der Waals surface area contributed by atoms with Gasteiger partial charge in [0.05, 0.1) is 10.5 Å². The Kier molecular flexibility index (Phi) is 6.69. The van der Waals surface area contributed by atoms with Crippen molar-refractivity contribution >= 4 is 40.8 Å². The number of benzene rings is 2. The van der Waals surface area contributed by atoms with Crippen LogP contribution in [0, 0.1) is 10.1 Å². The molecule has 12 heteroatoms. The van der Waals surface area contributed by atoms with Crippen LogP contribution in [0.15, 0.2) is 67.0 Å². The van der Waals surface area contributed by atoms with Gasteiger partial charge in [-0.15, -0.1) is 0 Å². The first-order valence-corrected chi connectivity index (χ1v) is 9.11. The molecule has 0 bridgehead atoms. The van der Waals surface area contributed by atoms with Crippen molar-refractivity contribution in [2.75, 3.05) is 10.6 Å². The van der Waals surface area contributed by atoms with E-state index in [1.54, 1.807) is 0 Å². The van der Waals surface area contributed by atoms with Gasteiger partial charge in [0, 0.05) is 42.0 Å². The fraction of sp³-hybridized carbons (Fsp3) is 0. The van der Waals surface area contributed by atoms with Crippen LogP contribution >= 0.6 is 0 Å². The van der Waals surface area contributed by atoms with E-state index in [9.17, 15) is 34.4 Å². The van der Waals surface area contributed by atoms with Crippen molar-refractivity contribution in [3.05, 3.63) is 88.2 Å². The summed E-state index contributed by atoms with van der Waals surface area (Å²) >= 11 is 0. The molecule has 0 fully saturated rings. The Hall–Kier alpha value is -5.13. The predicted octanol–water partition coefficient (Wildman–Crippen LogP) is 2.48. The molecule has 0 saturated carbocycles. The number of carboxylic acid groups (broad SMARTS) is 1. The third-order valence-corrected chi connectivity index (χ3v) is 4.11. The number of nitrogens with one attached hydrogen (secondary N) is 2. The summed E-state index contributed by atoms with van der Waals surface area (Å²) in [5.74, 6) is -4.80. The number of aromatic carboxylic acids is 1. The molecule has 3 rings (SSSR count). The minimum absolute atomic E-state index is 0.0159. The van der Waals surface area contributed by atoms with E-state index in [0.717, 1.165) is 24.3 Å². The first-order chi connectivity index (χ1) is 15.7. The number of aromatic nitrogens is 1. The first kappa shape index (κ1) is 22.6. The smallest absolute Gasteiger partial charge is 0.345 e. The average Bonchev–Trinajstić information content (AvgIpc) is 2.80. The zero-order valence-electron chi connectivity index (χ0n) is 16.6. The molecule has 0 radical (unpaired) electrons. The number of pyridine rings is 1. The molecule has 2 amide bonds. The van der Waals surface area contributed by atoms with Gasteiger partial charge in [0.2, 0.25) is 0 Å². The molecule has 3 aromatic rings. The normalized spacial score (nSPS) is 10.1. The molecule has 0 aliphatic heterocycles. The molecule has 3 N–H and O–H groups in total. The first-order valence-electron chi connectivity index (χ1n) is 9.11. The Bertz CT molecular complexity index is 1240. The van der Waals surface area contributed by atoms with Crippen molar-refractivity contribution in [2.24, 2.45) is 0 Å². The SMILES string of the molecule is O=C(Nc1ccc([N+](=O)[O-])cc1)C(=O)Nc1ccc(C(=O)O)c(OC(=O)c2cccnc2)c1. The van der Waals surface area contributed by atoms with Crippen molar-refractivity contribution in [3.63, 3.8) is 0 Å². The lowest BCUT2D eigenvalue weighted by molar-refractivity contribution is -0.384. The molecule has 1 heterocycles. The lowest BCUT2D eigenvalue weighted by Crippen LogP contribution is -2.29. The molecule has 0 aliphatic rings. The van der Waals surface area contributed by atoms with E-state index < -0.39 is 28.7 Å². The zero-order chi connectivity index (χ0) is 24.0. The summed E-state index contributed by atoms with van der Waals surface area (Å²) in [6.45, 7) is 0. The van der Waals surface area contributed by atoms with Crippen LogP contribution in [-0.2, 0) is 9.59 Å². The predicted molar refractivity (Wildman–Crippen MR) is 113 cm³/mol. The van der Waals surface area contributed by atoms with Crippen molar-refractivity contribution in [3.8, 4) is 5.75 Å². The van der Waals surface area contributed by atoms with Crippen LogP contribution in [0.5, 0.6) is 5.75 Å². The van der Waals surface area contributed by atoms with Gasteiger partial charge >= 0.3 is 23.8 Å². The number of rotatable bonds is 6. The van der Waals surface area contributed by atoms with E-state index in [0.29, 0.717) is 0 Å². The summed E-state index contributed by atoms with van der Waals surface area (Å²) in [4.78, 5) is 61.9. The number of esters is 1. The summed E-state index contributed by atoms with van der Waals surface area (Å²) in [5, 5.41) is 24.5. The van der Waals surface area contributed by atoms with Crippen molar-refractivity contribution in [1.29, 1.82) is 0 Å². The maximum Gasteiger partial charge on any atom is 0.345 e. The summed E-state index contributed by atoms with van der Waals surface area (Å²) < 4.78 is 5.14. The Balaban J connectivity index is 1.73. The molecule has 33 heavy (non-hydrogen) atoms. The maximum absolute atomic E-state index is 12.3. The number of hydrogen-bond donors (Lipinski definition) is 3. The van der Waals surface area contributed by atoms with E-state index in [2.05, 4.69) is 15.6 Å². The molecule has 0 aliphatic carbocycles. The van der Waals surface area contributed by atoms with Crippen LogP contribution in [-0.4, -0.2) is 38.8 Å². The van der Waals surface area contributed by atoms with Gasteiger partial charge in [-0.05, 0) is 36.4 Å². The van der Waals surface area contributed by atoms with Gasteiger partial charge in [-0.2, -0.15) is 0 Å². The molecule has 0 spiro atoms. The highest BCUT2D eigenvalue weighted by Crippen LogP contribution is 2.25. The molecule has 0 unspecified atom stereocenters. The minimum atomic E-state index is -1.38. The Morgan fingerprint density at radius 3 is 2.15 bits per heavy atom. The third-order valence-electron chi connectivity index (χ3n) is 4.11.